The second kappa shape index (κ2) is 4.67. The van der Waals surface area contributed by atoms with Crippen molar-refractivity contribution in [2.75, 3.05) is 6.26 Å². The van der Waals surface area contributed by atoms with E-state index in [1.54, 1.807) is 23.9 Å². The summed E-state index contributed by atoms with van der Waals surface area (Å²) < 4.78 is 28.7. The lowest BCUT2D eigenvalue weighted by molar-refractivity contribution is 0.488. The highest BCUT2D eigenvalue weighted by Crippen LogP contribution is 2.28. The highest BCUT2D eigenvalue weighted by Gasteiger charge is 2.22. The van der Waals surface area contributed by atoms with Crippen molar-refractivity contribution in [2.24, 2.45) is 10.2 Å². The summed E-state index contributed by atoms with van der Waals surface area (Å²) in [7, 11) is -4.75. The van der Waals surface area contributed by atoms with E-state index >= 15 is 0 Å². The molecule has 1 aliphatic rings. The Balaban J connectivity index is 2.26. The van der Waals surface area contributed by atoms with E-state index in [0.717, 1.165) is 0 Å². The molecular formula is C9H9ClN2O3S2. The molecule has 0 amide bonds. The van der Waals surface area contributed by atoms with Gasteiger partial charge in [-0.15, -0.1) is 21.1 Å². The lowest BCUT2D eigenvalue weighted by atomic mass is 10.4. The van der Waals surface area contributed by atoms with Crippen LogP contribution < -0.4 is 0 Å². The minimum atomic E-state index is -3.88. The number of rotatable bonds is 2. The summed E-state index contributed by atoms with van der Waals surface area (Å²) in [6, 6.07) is 5.87. The molecule has 1 aromatic rings. The molecule has 0 saturated heterocycles. The quantitative estimate of drug-likeness (QED) is 0.669. The fourth-order valence-electron chi connectivity index (χ4n) is 1.12. The van der Waals surface area contributed by atoms with E-state index in [1.165, 1.54) is 12.1 Å². The summed E-state index contributed by atoms with van der Waals surface area (Å²) in [5.74, 6) is 0. The highest BCUT2D eigenvalue weighted by atomic mass is 35.5. The maximum Gasteiger partial charge on any atom is 0.341 e. The molecule has 8 heteroatoms. The molecular weight excluding hydrogens is 284 g/mol. The Bertz CT molecular complexity index is 598. The third-order valence-corrected chi connectivity index (χ3v) is 4.74. The van der Waals surface area contributed by atoms with Crippen LogP contribution in [0.3, 0.4) is 0 Å². The average molecular weight is 293 g/mol. The minimum Gasteiger partial charge on any atom is -0.352 e. The van der Waals surface area contributed by atoms with Gasteiger partial charge in [0.15, 0.2) is 0 Å². The second-order valence-corrected chi connectivity index (χ2v) is 7.04. The van der Waals surface area contributed by atoms with Gasteiger partial charge in [0.2, 0.25) is 0 Å². The maximum absolute atomic E-state index is 11.9. The molecule has 1 aliphatic heterocycles. The first-order valence-corrected chi connectivity index (χ1v) is 8.17. The molecule has 5 nitrogen and oxygen atoms in total. The van der Waals surface area contributed by atoms with Crippen molar-refractivity contribution >= 4 is 43.4 Å². The molecule has 0 radical (unpaired) electrons. The van der Waals surface area contributed by atoms with Crippen molar-refractivity contribution in [1.82, 2.24) is 0 Å². The summed E-state index contributed by atoms with van der Waals surface area (Å²) in [4.78, 5) is 0.00278. The van der Waals surface area contributed by atoms with E-state index in [9.17, 15) is 8.42 Å². The summed E-state index contributed by atoms with van der Waals surface area (Å²) in [5.41, 5.74) is 1.57. The molecule has 17 heavy (non-hydrogen) atoms. The third kappa shape index (κ3) is 2.80. The van der Waals surface area contributed by atoms with Crippen molar-refractivity contribution in [3.05, 3.63) is 29.3 Å². The van der Waals surface area contributed by atoms with E-state index in [2.05, 4.69) is 10.2 Å². The fraction of sp³-hybridized carbons (Fsp3) is 0.111. The standard InChI is InChI=1S/C9H9ClN2O3S2/c1-16-6-11-12-9(16)15-17(13,14)8-4-2-3-7(10)5-8/h2-6,16H,1H3. The average Bonchev–Trinajstić information content (AvgIpc) is 2.64. The zero-order valence-electron chi connectivity index (χ0n) is 8.74. The molecule has 0 spiro atoms. The van der Waals surface area contributed by atoms with Gasteiger partial charge in [0, 0.05) is 5.02 Å². The van der Waals surface area contributed by atoms with Crippen molar-refractivity contribution in [3.8, 4) is 0 Å². The highest BCUT2D eigenvalue weighted by molar-refractivity contribution is 8.39. The zero-order chi connectivity index (χ0) is 12.5. The van der Waals surface area contributed by atoms with Crippen LogP contribution in [0.15, 0.2) is 39.4 Å². The molecule has 1 atom stereocenters. The maximum atomic E-state index is 11.9. The fourth-order valence-corrected chi connectivity index (χ4v) is 3.48. The van der Waals surface area contributed by atoms with Crippen molar-refractivity contribution in [1.29, 1.82) is 0 Å². The monoisotopic (exact) mass is 292 g/mol. The predicted octanol–water partition coefficient (Wildman–Crippen LogP) is 1.99. The predicted molar refractivity (Wildman–Crippen MR) is 70.6 cm³/mol. The lowest BCUT2D eigenvalue weighted by Crippen LogP contribution is -2.12. The van der Waals surface area contributed by atoms with Gasteiger partial charge in [0.25, 0.3) is 5.23 Å². The van der Waals surface area contributed by atoms with Gasteiger partial charge in [0.1, 0.15) is 4.90 Å². The van der Waals surface area contributed by atoms with E-state index in [-0.39, 0.29) is 10.1 Å². The van der Waals surface area contributed by atoms with Crippen LogP contribution in [0.25, 0.3) is 0 Å². The van der Waals surface area contributed by atoms with Gasteiger partial charge < -0.3 is 4.18 Å². The van der Waals surface area contributed by atoms with Gasteiger partial charge in [-0.3, -0.25) is 0 Å². The Morgan fingerprint density at radius 1 is 1.41 bits per heavy atom. The first-order chi connectivity index (χ1) is 7.99. The van der Waals surface area contributed by atoms with E-state index in [0.29, 0.717) is 5.02 Å². The molecule has 92 valence electrons. The molecule has 0 aliphatic carbocycles. The summed E-state index contributed by atoms with van der Waals surface area (Å²) in [6.45, 7) is 0. The molecule has 1 unspecified atom stereocenters. The SMILES string of the molecule is C[SH]1C=NN=C1OS(=O)(=O)c1cccc(Cl)c1. The zero-order valence-corrected chi connectivity index (χ0v) is 11.2. The number of benzene rings is 1. The largest absolute Gasteiger partial charge is 0.352 e. The molecule has 0 saturated carbocycles. The van der Waals surface area contributed by atoms with E-state index in [1.807, 2.05) is 0 Å². The Kier molecular flexibility index (Phi) is 3.41. The van der Waals surface area contributed by atoms with Crippen molar-refractivity contribution < 1.29 is 12.6 Å². The molecule has 2 rings (SSSR count). The Morgan fingerprint density at radius 2 is 2.18 bits per heavy atom. The number of thiol groups is 1. The number of hydrogen-bond donors (Lipinski definition) is 1. The van der Waals surface area contributed by atoms with Crippen LogP contribution >= 0.6 is 22.5 Å². The van der Waals surface area contributed by atoms with Crippen LogP contribution in [-0.4, -0.2) is 25.4 Å². The van der Waals surface area contributed by atoms with Gasteiger partial charge in [0.05, 0.1) is 5.55 Å². The summed E-state index contributed by atoms with van der Waals surface area (Å²) >= 11 is 5.73. The number of halogens is 1. The normalized spacial score (nSPS) is 21.3. The van der Waals surface area contributed by atoms with Crippen LogP contribution in [0.4, 0.5) is 0 Å². The van der Waals surface area contributed by atoms with E-state index < -0.39 is 21.0 Å². The molecule has 0 aromatic heterocycles. The molecule has 0 fully saturated rings. The van der Waals surface area contributed by atoms with Crippen LogP contribution in [0.5, 0.6) is 0 Å². The van der Waals surface area contributed by atoms with Crippen molar-refractivity contribution in [3.63, 3.8) is 0 Å². The van der Waals surface area contributed by atoms with Crippen molar-refractivity contribution in [2.45, 2.75) is 4.90 Å². The minimum absolute atomic E-state index is 0.00278. The third-order valence-electron chi connectivity index (χ3n) is 1.94. The first-order valence-electron chi connectivity index (χ1n) is 4.53. The van der Waals surface area contributed by atoms with Gasteiger partial charge in [-0.2, -0.15) is 8.42 Å². The Hall–Kier alpha value is -1.05. The van der Waals surface area contributed by atoms with Gasteiger partial charge in [-0.1, -0.05) is 17.7 Å². The Labute approximate surface area is 107 Å². The topological polar surface area (TPSA) is 68.1 Å². The van der Waals surface area contributed by atoms with Gasteiger partial charge in [-0.05, 0) is 24.5 Å². The summed E-state index contributed by atoms with van der Waals surface area (Å²) in [6.07, 6.45) is 1.80. The smallest absolute Gasteiger partial charge is 0.341 e. The van der Waals surface area contributed by atoms with Gasteiger partial charge in [-0.25, -0.2) is 0 Å². The van der Waals surface area contributed by atoms with E-state index in [4.69, 9.17) is 15.8 Å². The Morgan fingerprint density at radius 3 is 2.76 bits per heavy atom. The van der Waals surface area contributed by atoms with Crippen LogP contribution in [0.2, 0.25) is 5.02 Å². The first kappa shape index (κ1) is 12.4. The number of nitrogens with zero attached hydrogens (tertiary/aromatic N) is 2. The van der Waals surface area contributed by atoms with Gasteiger partial charge >= 0.3 is 10.1 Å². The molecule has 0 N–H and O–H groups in total. The second-order valence-electron chi connectivity index (χ2n) is 3.22. The lowest BCUT2D eigenvalue weighted by Gasteiger charge is -2.10. The molecule has 1 aromatic carbocycles. The molecule has 1 heterocycles. The van der Waals surface area contributed by atoms with Crippen LogP contribution in [-0.2, 0) is 14.3 Å². The number of hydrogen-bond acceptors (Lipinski definition) is 5. The van der Waals surface area contributed by atoms with Crippen LogP contribution in [0, 0.1) is 0 Å². The van der Waals surface area contributed by atoms with Crippen LogP contribution in [0.1, 0.15) is 0 Å². The molecule has 0 bridgehead atoms. The summed E-state index contributed by atoms with van der Waals surface area (Å²) in [5, 5.41) is 7.70.